The number of urea groups is 1. The van der Waals surface area contributed by atoms with Gasteiger partial charge < -0.3 is 20.1 Å². The molecule has 2 rings (SSSR count). The van der Waals surface area contributed by atoms with Crippen LogP contribution in [0.5, 0.6) is 0 Å². The Balaban J connectivity index is 1.83. The fraction of sp³-hybridized carbons (Fsp3) is 0.400. The van der Waals surface area contributed by atoms with Gasteiger partial charge in [-0.1, -0.05) is 0 Å². The normalized spacial score (nSPS) is 10.7. The first kappa shape index (κ1) is 16.9. The minimum atomic E-state index is -0.439. The van der Waals surface area contributed by atoms with Gasteiger partial charge in [-0.15, -0.1) is 0 Å². The predicted octanol–water partition coefficient (Wildman–Crippen LogP) is 1.79. The minimum absolute atomic E-state index is 0.282. The van der Waals surface area contributed by atoms with Crippen molar-refractivity contribution in [3.63, 3.8) is 0 Å². The Hall–Kier alpha value is -2.45. The highest BCUT2D eigenvalue weighted by molar-refractivity contribution is 5.89. The molecule has 0 atom stereocenters. The van der Waals surface area contributed by atoms with Crippen molar-refractivity contribution >= 4 is 11.7 Å². The molecule has 1 aromatic carbocycles. The fourth-order valence-electron chi connectivity index (χ4n) is 1.93. The van der Waals surface area contributed by atoms with Gasteiger partial charge in [-0.3, -0.25) is 0 Å². The first-order valence-electron chi connectivity index (χ1n) is 7.46. The smallest absolute Gasteiger partial charge is 0.319 e. The summed E-state index contributed by atoms with van der Waals surface area (Å²) in [5, 5.41) is 9.50. The van der Waals surface area contributed by atoms with Crippen molar-refractivity contribution in [3.8, 4) is 5.69 Å². The van der Waals surface area contributed by atoms with Gasteiger partial charge in [0, 0.05) is 18.9 Å². The number of anilines is 1. The third-order valence-corrected chi connectivity index (χ3v) is 2.94. The maximum Gasteiger partial charge on any atom is 0.319 e. The molecule has 2 amide bonds. The van der Waals surface area contributed by atoms with Gasteiger partial charge in [0.05, 0.1) is 12.2 Å². The molecule has 0 radical (unpaired) electrons. The summed E-state index contributed by atoms with van der Waals surface area (Å²) in [6, 6.07) is 6.95. The zero-order valence-electron chi connectivity index (χ0n) is 13.2. The zero-order valence-corrected chi connectivity index (χ0v) is 13.2. The molecule has 1 heterocycles. The monoisotopic (exact) mass is 319 g/mol. The number of hydrogen-bond acceptors (Lipinski definition) is 5. The Labute approximate surface area is 134 Å². The summed E-state index contributed by atoms with van der Waals surface area (Å²) >= 11 is 0. The first-order valence-corrected chi connectivity index (χ1v) is 7.46. The number of carbonyl (C=O) groups excluding carboxylic acids is 1. The summed E-state index contributed by atoms with van der Waals surface area (Å²) in [5.41, 5.74) is 1.54. The standard InChI is InChI=1S/C15H21N5O3/c1-3-22-14(23-4-2)9-17-15(21)19-12-5-7-13(8-6-12)20-11-16-10-18-20/h5-8,10-11,14H,3-4,9H2,1-2H3,(H2,17,19,21). The summed E-state index contributed by atoms with van der Waals surface area (Å²) in [6.45, 7) is 5.09. The topological polar surface area (TPSA) is 90.3 Å². The lowest BCUT2D eigenvalue weighted by molar-refractivity contribution is -0.131. The van der Waals surface area contributed by atoms with Gasteiger partial charge >= 0.3 is 6.03 Å². The van der Waals surface area contributed by atoms with Crippen LogP contribution in [0.4, 0.5) is 10.5 Å². The van der Waals surface area contributed by atoms with Gasteiger partial charge in [0.25, 0.3) is 0 Å². The summed E-state index contributed by atoms with van der Waals surface area (Å²) in [7, 11) is 0. The number of nitrogens with zero attached hydrogens (tertiary/aromatic N) is 3. The molecule has 0 aliphatic rings. The molecule has 2 N–H and O–H groups in total. The van der Waals surface area contributed by atoms with Crippen LogP contribution in [-0.4, -0.2) is 46.8 Å². The first-order chi connectivity index (χ1) is 11.2. The van der Waals surface area contributed by atoms with Crippen LogP contribution in [-0.2, 0) is 9.47 Å². The lowest BCUT2D eigenvalue weighted by Gasteiger charge is -2.17. The third-order valence-electron chi connectivity index (χ3n) is 2.94. The molecule has 0 aliphatic heterocycles. The van der Waals surface area contributed by atoms with E-state index >= 15 is 0 Å². The van der Waals surface area contributed by atoms with Crippen LogP contribution in [0.1, 0.15) is 13.8 Å². The van der Waals surface area contributed by atoms with Gasteiger partial charge in [-0.2, -0.15) is 5.10 Å². The van der Waals surface area contributed by atoms with Crippen molar-refractivity contribution in [1.82, 2.24) is 20.1 Å². The number of ether oxygens (including phenoxy) is 2. The molecule has 23 heavy (non-hydrogen) atoms. The molecule has 1 aromatic heterocycles. The van der Waals surface area contributed by atoms with E-state index in [0.29, 0.717) is 18.9 Å². The Morgan fingerprint density at radius 3 is 2.48 bits per heavy atom. The minimum Gasteiger partial charge on any atom is -0.351 e. The number of rotatable bonds is 8. The highest BCUT2D eigenvalue weighted by Crippen LogP contribution is 2.11. The quantitative estimate of drug-likeness (QED) is 0.724. The second-order valence-corrected chi connectivity index (χ2v) is 4.56. The molecular weight excluding hydrogens is 298 g/mol. The maximum atomic E-state index is 11.9. The van der Waals surface area contributed by atoms with Crippen molar-refractivity contribution < 1.29 is 14.3 Å². The summed E-state index contributed by atoms with van der Waals surface area (Å²) in [6.07, 6.45) is 2.63. The van der Waals surface area contributed by atoms with E-state index < -0.39 is 6.29 Å². The molecular formula is C15H21N5O3. The van der Waals surface area contributed by atoms with Crippen LogP contribution >= 0.6 is 0 Å². The van der Waals surface area contributed by atoms with Crippen molar-refractivity contribution in [2.75, 3.05) is 25.1 Å². The van der Waals surface area contributed by atoms with E-state index in [-0.39, 0.29) is 12.6 Å². The molecule has 0 spiro atoms. The number of aromatic nitrogens is 3. The van der Waals surface area contributed by atoms with Crippen molar-refractivity contribution in [2.24, 2.45) is 0 Å². The second-order valence-electron chi connectivity index (χ2n) is 4.56. The number of hydrogen-bond donors (Lipinski definition) is 2. The van der Waals surface area contributed by atoms with Crippen LogP contribution in [0.3, 0.4) is 0 Å². The van der Waals surface area contributed by atoms with E-state index in [1.54, 1.807) is 23.1 Å². The van der Waals surface area contributed by atoms with Crippen molar-refractivity contribution in [1.29, 1.82) is 0 Å². The van der Waals surface area contributed by atoms with Gasteiger partial charge in [0.15, 0.2) is 6.29 Å². The molecule has 0 unspecified atom stereocenters. The Bertz CT molecular complexity index is 580. The van der Waals surface area contributed by atoms with Gasteiger partial charge in [-0.25, -0.2) is 14.5 Å². The maximum absolute atomic E-state index is 11.9. The summed E-state index contributed by atoms with van der Waals surface area (Å²) < 4.78 is 12.4. The number of nitrogens with one attached hydrogen (secondary N) is 2. The van der Waals surface area contributed by atoms with Crippen LogP contribution < -0.4 is 10.6 Å². The highest BCUT2D eigenvalue weighted by Gasteiger charge is 2.10. The molecule has 8 heteroatoms. The van der Waals surface area contributed by atoms with E-state index in [0.717, 1.165) is 5.69 Å². The summed E-state index contributed by atoms with van der Waals surface area (Å²) in [4.78, 5) is 15.8. The average molecular weight is 319 g/mol. The van der Waals surface area contributed by atoms with Crippen LogP contribution in [0.25, 0.3) is 5.69 Å². The zero-order chi connectivity index (χ0) is 16.5. The molecule has 0 aliphatic carbocycles. The van der Waals surface area contributed by atoms with Crippen LogP contribution in [0.2, 0.25) is 0 Å². The molecule has 0 fully saturated rings. The average Bonchev–Trinajstić information content (AvgIpc) is 3.08. The highest BCUT2D eigenvalue weighted by atomic mass is 16.7. The third kappa shape index (κ3) is 5.35. The lowest BCUT2D eigenvalue weighted by atomic mass is 10.3. The van der Waals surface area contributed by atoms with Gasteiger partial charge in [0.2, 0.25) is 0 Å². The lowest BCUT2D eigenvalue weighted by Crippen LogP contribution is -2.37. The Morgan fingerprint density at radius 2 is 1.91 bits per heavy atom. The van der Waals surface area contributed by atoms with Gasteiger partial charge in [0.1, 0.15) is 12.7 Å². The summed E-state index contributed by atoms with van der Waals surface area (Å²) in [5.74, 6) is 0. The molecule has 2 aromatic rings. The number of amides is 2. The molecule has 8 nitrogen and oxygen atoms in total. The molecule has 0 bridgehead atoms. The molecule has 0 saturated heterocycles. The molecule has 124 valence electrons. The largest absolute Gasteiger partial charge is 0.351 e. The van der Waals surface area contributed by atoms with E-state index in [1.807, 2.05) is 26.0 Å². The van der Waals surface area contributed by atoms with Crippen LogP contribution in [0, 0.1) is 0 Å². The number of carbonyl (C=O) groups is 1. The van der Waals surface area contributed by atoms with Crippen LogP contribution in [0.15, 0.2) is 36.9 Å². The molecule has 0 saturated carbocycles. The second kappa shape index (κ2) is 8.86. The fourth-order valence-corrected chi connectivity index (χ4v) is 1.93. The Kier molecular flexibility index (Phi) is 6.52. The van der Waals surface area contributed by atoms with E-state index in [1.165, 1.54) is 6.33 Å². The number of benzene rings is 1. The van der Waals surface area contributed by atoms with E-state index in [9.17, 15) is 4.79 Å². The van der Waals surface area contributed by atoms with Crippen molar-refractivity contribution in [3.05, 3.63) is 36.9 Å². The Morgan fingerprint density at radius 1 is 1.22 bits per heavy atom. The predicted molar refractivity (Wildman–Crippen MR) is 85.4 cm³/mol. The van der Waals surface area contributed by atoms with E-state index in [4.69, 9.17) is 9.47 Å². The SMILES string of the molecule is CCOC(CNC(=O)Nc1ccc(-n2cncn2)cc1)OCC. The van der Waals surface area contributed by atoms with Gasteiger partial charge in [-0.05, 0) is 38.1 Å². The van der Waals surface area contributed by atoms with Crippen molar-refractivity contribution in [2.45, 2.75) is 20.1 Å². The van der Waals surface area contributed by atoms with E-state index in [2.05, 4.69) is 20.7 Å².